The zero-order valence-electron chi connectivity index (χ0n) is 24.4. The minimum Gasteiger partial charge on any atom is -0.444 e. The lowest BCUT2D eigenvalue weighted by atomic mass is 10.1. The summed E-state index contributed by atoms with van der Waals surface area (Å²) in [7, 11) is 0. The molecule has 40 heavy (non-hydrogen) atoms. The first kappa shape index (κ1) is 29.3. The van der Waals surface area contributed by atoms with E-state index in [0.29, 0.717) is 31.7 Å². The van der Waals surface area contributed by atoms with Gasteiger partial charge in [0.2, 0.25) is 0 Å². The third kappa shape index (κ3) is 7.47. The Morgan fingerprint density at radius 2 is 1.73 bits per heavy atom. The lowest BCUT2D eigenvalue weighted by Crippen LogP contribution is -2.50. The van der Waals surface area contributed by atoms with Crippen LogP contribution in [-0.4, -0.2) is 94.6 Å². The predicted octanol–water partition coefficient (Wildman–Crippen LogP) is 5.13. The number of fused-ring (bicyclic) bond motifs is 1. The van der Waals surface area contributed by atoms with Crippen molar-refractivity contribution in [1.82, 2.24) is 24.7 Å². The molecule has 1 saturated heterocycles. The zero-order valence-corrected chi connectivity index (χ0v) is 24.4. The maximum Gasteiger partial charge on any atom is 0.410 e. The molecule has 0 atom stereocenters. The van der Waals surface area contributed by atoms with Gasteiger partial charge in [-0.05, 0) is 71.8 Å². The van der Waals surface area contributed by atoms with E-state index in [9.17, 15) is 9.59 Å². The first-order valence-electron chi connectivity index (χ1n) is 14.3. The van der Waals surface area contributed by atoms with E-state index in [1.807, 2.05) is 76.0 Å². The van der Waals surface area contributed by atoms with Crippen LogP contribution < -0.4 is 5.32 Å². The van der Waals surface area contributed by atoms with Crippen molar-refractivity contribution in [2.45, 2.75) is 46.6 Å². The summed E-state index contributed by atoms with van der Waals surface area (Å²) >= 11 is 0. The van der Waals surface area contributed by atoms with Gasteiger partial charge in [0.15, 0.2) is 0 Å². The SMILES string of the molecule is CCN(CC)C(=O)c1ccc(-c2cc(NCCCN3CCN(C(=O)OC(C)(C)C)CC3)c3cnccc3n2)cc1. The van der Waals surface area contributed by atoms with Crippen molar-refractivity contribution >= 4 is 28.6 Å². The van der Waals surface area contributed by atoms with Crippen LogP contribution >= 0.6 is 0 Å². The highest BCUT2D eigenvalue weighted by Gasteiger charge is 2.25. The highest BCUT2D eigenvalue weighted by Crippen LogP contribution is 2.28. The highest BCUT2D eigenvalue weighted by atomic mass is 16.6. The second-order valence-electron chi connectivity index (χ2n) is 11.1. The number of hydrogen-bond acceptors (Lipinski definition) is 7. The van der Waals surface area contributed by atoms with Crippen LogP contribution in [0.25, 0.3) is 22.2 Å². The van der Waals surface area contributed by atoms with Crippen molar-refractivity contribution in [1.29, 1.82) is 0 Å². The second kappa shape index (κ2) is 13.1. The molecule has 4 rings (SSSR count). The number of carbonyl (C=O) groups excluding carboxylic acids is 2. The molecule has 0 unspecified atom stereocenters. The van der Waals surface area contributed by atoms with Crippen molar-refractivity contribution in [2.24, 2.45) is 0 Å². The van der Waals surface area contributed by atoms with Gasteiger partial charge in [-0.15, -0.1) is 0 Å². The number of carbonyl (C=O) groups is 2. The maximum atomic E-state index is 12.7. The van der Waals surface area contributed by atoms with Crippen molar-refractivity contribution in [2.75, 3.05) is 57.7 Å². The molecule has 2 aromatic heterocycles. The molecule has 1 aliphatic rings. The number of ether oxygens (including phenoxy) is 1. The Morgan fingerprint density at radius 1 is 1.02 bits per heavy atom. The summed E-state index contributed by atoms with van der Waals surface area (Å²) in [5.74, 6) is 0.0442. The normalized spacial score (nSPS) is 14.3. The molecule has 0 saturated carbocycles. The van der Waals surface area contributed by atoms with E-state index in [1.54, 1.807) is 11.1 Å². The molecule has 3 heterocycles. The molecule has 1 N–H and O–H groups in total. The number of nitrogens with one attached hydrogen (secondary N) is 1. The smallest absolute Gasteiger partial charge is 0.410 e. The van der Waals surface area contributed by atoms with Crippen molar-refractivity contribution < 1.29 is 14.3 Å². The van der Waals surface area contributed by atoms with Gasteiger partial charge in [0.25, 0.3) is 5.91 Å². The monoisotopic (exact) mass is 546 g/mol. The van der Waals surface area contributed by atoms with Crippen LogP contribution in [0.3, 0.4) is 0 Å². The first-order valence-corrected chi connectivity index (χ1v) is 14.3. The molecule has 1 aliphatic heterocycles. The number of piperazine rings is 1. The summed E-state index contributed by atoms with van der Waals surface area (Å²) in [6, 6.07) is 11.7. The fraction of sp³-hybridized carbons (Fsp3) is 0.484. The summed E-state index contributed by atoms with van der Waals surface area (Å²) in [5, 5.41) is 4.58. The zero-order chi connectivity index (χ0) is 28.7. The average Bonchev–Trinajstić information content (AvgIpc) is 2.95. The largest absolute Gasteiger partial charge is 0.444 e. The number of amides is 2. The number of hydrogen-bond donors (Lipinski definition) is 1. The van der Waals surface area contributed by atoms with Gasteiger partial charge in [-0.25, -0.2) is 9.78 Å². The van der Waals surface area contributed by atoms with Crippen LogP contribution in [0.5, 0.6) is 0 Å². The molecule has 3 aromatic rings. The second-order valence-corrected chi connectivity index (χ2v) is 11.1. The molecule has 1 fully saturated rings. The van der Waals surface area contributed by atoms with E-state index < -0.39 is 5.60 Å². The van der Waals surface area contributed by atoms with Crippen molar-refractivity contribution in [3.8, 4) is 11.3 Å². The van der Waals surface area contributed by atoms with Crippen LogP contribution in [0.15, 0.2) is 48.8 Å². The van der Waals surface area contributed by atoms with E-state index in [0.717, 1.165) is 60.4 Å². The topological polar surface area (TPSA) is 90.9 Å². The molecule has 0 bridgehead atoms. The molecule has 9 heteroatoms. The van der Waals surface area contributed by atoms with Gasteiger partial charge >= 0.3 is 6.09 Å². The van der Waals surface area contributed by atoms with Crippen molar-refractivity contribution in [3.63, 3.8) is 0 Å². The summed E-state index contributed by atoms with van der Waals surface area (Å²) < 4.78 is 5.50. The third-order valence-electron chi connectivity index (χ3n) is 7.08. The average molecular weight is 547 g/mol. The van der Waals surface area contributed by atoms with Crippen LogP contribution in [0.2, 0.25) is 0 Å². The molecule has 0 spiro atoms. The van der Waals surface area contributed by atoms with Crippen LogP contribution in [0, 0.1) is 0 Å². The van der Waals surface area contributed by atoms with E-state index >= 15 is 0 Å². The van der Waals surface area contributed by atoms with Gasteiger partial charge in [0.05, 0.1) is 11.2 Å². The quantitative estimate of drug-likeness (QED) is 0.372. The Balaban J connectivity index is 1.36. The molecule has 214 valence electrons. The lowest BCUT2D eigenvalue weighted by Gasteiger charge is -2.35. The Kier molecular flexibility index (Phi) is 9.58. The van der Waals surface area contributed by atoms with Crippen molar-refractivity contribution in [3.05, 3.63) is 54.4 Å². The van der Waals surface area contributed by atoms with E-state index in [1.165, 1.54) is 0 Å². The maximum absolute atomic E-state index is 12.7. The standard InChI is InChI=1S/C31H42N6O3/c1-6-36(7-2)29(38)24-11-9-23(10-12-24)27-21-28(25-22-32-15-13-26(25)34-27)33-14-8-16-35-17-19-37(20-18-35)30(39)40-31(3,4)5/h9-13,15,21-22H,6-8,14,16-20H2,1-5H3,(H,33,34). The van der Waals surface area contributed by atoms with Crippen LogP contribution in [0.1, 0.15) is 51.4 Å². The Bertz CT molecular complexity index is 1290. The summed E-state index contributed by atoms with van der Waals surface area (Å²) in [4.78, 5) is 40.2. The van der Waals surface area contributed by atoms with Crippen LogP contribution in [0.4, 0.5) is 10.5 Å². The Hall–Kier alpha value is -3.72. The summed E-state index contributed by atoms with van der Waals surface area (Å²) in [6.07, 6.45) is 4.34. The number of nitrogens with zero attached hydrogens (tertiary/aromatic N) is 5. The first-order chi connectivity index (χ1) is 19.2. The van der Waals surface area contributed by atoms with E-state index in [-0.39, 0.29) is 12.0 Å². The number of aromatic nitrogens is 2. The molecule has 2 amide bonds. The van der Waals surface area contributed by atoms with E-state index in [4.69, 9.17) is 9.72 Å². The molecular formula is C31H42N6O3. The third-order valence-corrected chi connectivity index (χ3v) is 7.08. The van der Waals surface area contributed by atoms with Gasteiger partial charge in [-0.3, -0.25) is 14.7 Å². The Morgan fingerprint density at radius 3 is 2.38 bits per heavy atom. The number of benzene rings is 1. The predicted molar refractivity (Wildman–Crippen MR) is 160 cm³/mol. The van der Waals surface area contributed by atoms with Gasteiger partial charge in [-0.2, -0.15) is 0 Å². The molecule has 0 radical (unpaired) electrons. The number of pyridine rings is 2. The minimum atomic E-state index is -0.472. The molecule has 1 aromatic carbocycles. The van der Waals surface area contributed by atoms with Gasteiger partial charge in [0, 0.05) is 80.4 Å². The minimum absolute atomic E-state index is 0.0442. The van der Waals surface area contributed by atoms with Crippen LogP contribution in [-0.2, 0) is 4.74 Å². The molecular weight excluding hydrogens is 504 g/mol. The Labute approximate surface area is 237 Å². The number of anilines is 1. The van der Waals surface area contributed by atoms with Gasteiger partial charge < -0.3 is 19.9 Å². The lowest BCUT2D eigenvalue weighted by molar-refractivity contribution is 0.0145. The molecule has 0 aliphatic carbocycles. The van der Waals surface area contributed by atoms with E-state index in [2.05, 4.69) is 21.3 Å². The summed E-state index contributed by atoms with van der Waals surface area (Å²) in [5.41, 5.74) is 3.88. The number of rotatable bonds is 9. The molecule has 9 nitrogen and oxygen atoms in total. The highest BCUT2D eigenvalue weighted by molar-refractivity contribution is 5.95. The van der Waals surface area contributed by atoms with Gasteiger partial charge in [0.1, 0.15) is 5.60 Å². The fourth-order valence-corrected chi connectivity index (χ4v) is 4.85. The summed E-state index contributed by atoms with van der Waals surface area (Å²) in [6.45, 7) is 15.9. The fourth-order valence-electron chi connectivity index (χ4n) is 4.85. The van der Waals surface area contributed by atoms with Gasteiger partial charge in [-0.1, -0.05) is 12.1 Å².